The zero-order valence-electron chi connectivity index (χ0n) is 21.9. The van der Waals surface area contributed by atoms with Gasteiger partial charge in [0.05, 0.1) is 28.8 Å². The molecule has 2 amide bonds. The average molecular weight is 560 g/mol. The minimum atomic E-state index is -0.513. The Morgan fingerprint density at radius 1 is 1.00 bits per heavy atom. The summed E-state index contributed by atoms with van der Waals surface area (Å²) >= 11 is 6.58. The number of amides is 2. The quantitative estimate of drug-likeness (QED) is 0.301. The molecule has 2 aliphatic heterocycles. The summed E-state index contributed by atoms with van der Waals surface area (Å²) in [5.41, 5.74) is 4.21. The predicted octanol–water partition coefficient (Wildman–Crippen LogP) is 4.83. The molecule has 9 heteroatoms. The summed E-state index contributed by atoms with van der Waals surface area (Å²) in [6.07, 6.45) is 4.36. The van der Waals surface area contributed by atoms with E-state index in [0.717, 1.165) is 48.0 Å². The van der Waals surface area contributed by atoms with Gasteiger partial charge in [-0.25, -0.2) is 0 Å². The highest BCUT2D eigenvalue weighted by Gasteiger charge is 2.26. The molecule has 0 unspecified atom stereocenters. The highest BCUT2D eigenvalue weighted by atomic mass is 35.5. The van der Waals surface area contributed by atoms with Crippen molar-refractivity contribution >= 4 is 34.3 Å². The molecule has 8 nitrogen and oxygen atoms in total. The number of rotatable bonds is 7. The molecule has 6 rings (SSSR count). The number of nitrogens with zero attached hydrogens (tertiary/aromatic N) is 1. The third-order valence-electron chi connectivity index (χ3n) is 7.51. The number of carbonyl (C=O) groups is 2. The van der Waals surface area contributed by atoms with Crippen molar-refractivity contribution < 1.29 is 24.2 Å². The molecule has 4 aromatic rings. The first kappa shape index (κ1) is 26.2. The Morgan fingerprint density at radius 2 is 1.80 bits per heavy atom. The second-order valence-corrected chi connectivity index (χ2v) is 10.6. The maximum atomic E-state index is 13.6. The zero-order chi connectivity index (χ0) is 27.6. The topological polar surface area (TPSA) is 104 Å². The summed E-state index contributed by atoms with van der Waals surface area (Å²) in [7, 11) is 0. The van der Waals surface area contributed by atoms with Crippen molar-refractivity contribution in [3.63, 3.8) is 0 Å². The van der Waals surface area contributed by atoms with E-state index in [2.05, 4.69) is 10.3 Å². The van der Waals surface area contributed by atoms with E-state index in [0.29, 0.717) is 52.8 Å². The maximum Gasteiger partial charge on any atom is 0.255 e. The lowest BCUT2D eigenvalue weighted by molar-refractivity contribution is 0.0792. The van der Waals surface area contributed by atoms with Crippen molar-refractivity contribution in [2.45, 2.75) is 25.3 Å². The van der Waals surface area contributed by atoms with Gasteiger partial charge in [-0.2, -0.15) is 0 Å². The molecule has 1 atom stereocenters. The van der Waals surface area contributed by atoms with Crippen LogP contribution in [0.1, 0.15) is 39.1 Å². The standard InChI is InChI=1S/C31H30ClN3O5/c32-26-15-19(7-8-24(26)31(38)35-9-3-4-10-35)20-14-25(29-28(16-20)39-11-12-40-29)30(37)34-22(18-36)13-21-17-33-27-6-2-1-5-23(21)27/h1-2,5-8,14-17,22,33,36H,3-4,9-13,18H2,(H,34,37)/t22-/m1/s1. The number of aliphatic hydroxyl groups excluding tert-OH is 1. The molecule has 0 aliphatic carbocycles. The largest absolute Gasteiger partial charge is 0.486 e. The van der Waals surface area contributed by atoms with Gasteiger partial charge in [0, 0.05) is 30.2 Å². The van der Waals surface area contributed by atoms with Crippen molar-refractivity contribution in [1.29, 1.82) is 0 Å². The lowest BCUT2D eigenvalue weighted by Gasteiger charge is -2.23. The Morgan fingerprint density at radius 3 is 2.60 bits per heavy atom. The van der Waals surface area contributed by atoms with Crippen molar-refractivity contribution in [3.05, 3.63) is 82.5 Å². The van der Waals surface area contributed by atoms with E-state index in [1.807, 2.05) is 47.5 Å². The molecule has 3 aromatic carbocycles. The maximum absolute atomic E-state index is 13.6. The number of hydrogen-bond acceptors (Lipinski definition) is 5. The fraction of sp³-hybridized carbons (Fsp3) is 0.290. The van der Waals surface area contributed by atoms with Gasteiger partial charge in [-0.1, -0.05) is 35.9 Å². The van der Waals surface area contributed by atoms with E-state index < -0.39 is 6.04 Å². The molecular formula is C31H30ClN3O5. The lowest BCUT2D eigenvalue weighted by atomic mass is 9.99. The van der Waals surface area contributed by atoms with E-state index in [-0.39, 0.29) is 18.4 Å². The minimum absolute atomic E-state index is 0.0680. The summed E-state index contributed by atoms with van der Waals surface area (Å²) < 4.78 is 11.7. The second-order valence-electron chi connectivity index (χ2n) is 10.2. The minimum Gasteiger partial charge on any atom is -0.486 e. The lowest BCUT2D eigenvalue weighted by Crippen LogP contribution is -2.39. The molecule has 0 saturated carbocycles. The van der Waals surface area contributed by atoms with Crippen LogP contribution in [-0.2, 0) is 6.42 Å². The summed E-state index contributed by atoms with van der Waals surface area (Å²) in [6, 6.07) is 16.3. The van der Waals surface area contributed by atoms with Gasteiger partial charge in [-0.05, 0) is 66.3 Å². The van der Waals surface area contributed by atoms with Gasteiger partial charge in [0.2, 0.25) is 0 Å². The van der Waals surface area contributed by atoms with E-state index in [1.165, 1.54) is 0 Å². The van der Waals surface area contributed by atoms with Crippen LogP contribution in [0, 0.1) is 0 Å². The van der Waals surface area contributed by atoms with Crippen molar-refractivity contribution in [1.82, 2.24) is 15.2 Å². The van der Waals surface area contributed by atoms with Crippen molar-refractivity contribution in [2.75, 3.05) is 32.9 Å². The summed E-state index contributed by atoms with van der Waals surface area (Å²) in [6.45, 7) is 1.94. The van der Waals surface area contributed by atoms with Crippen molar-refractivity contribution in [2.24, 2.45) is 0 Å². The number of benzene rings is 3. The molecule has 1 aromatic heterocycles. The van der Waals surface area contributed by atoms with Gasteiger partial charge in [-0.3, -0.25) is 9.59 Å². The first-order valence-corrected chi connectivity index (χ1v) is 13.9. The first-order valence-electron chi connectivity index (χ1n) is 13.5. The van der Waals surface area contributed by atoms with Crippen LogP contribution in [0.4, 0.5) is 0 Å². The van der Waals surface area contributed by atoms with Crippen LogP contribution in [0.2, 0.25) is 5.02 Å². The second kappa shape index (κ2) is 11.2. The normalized spacial score (nSPS) is 15.3. The number of fused-ring (bicyclic) bond motifs is 2. The number of hydrogen-bond donors (Lipinski definition) is 3. The summed E-state index contributed by atoms with van der Waals surface area (Å²) in [5, 5.41) is 14.5. The molecule has 3 N–H and O–H groups in total. The third kappa shape index (κ3) is 5.12. The highest BCUT2D eigenvalue weighted by Crippen LogP contribution is 2.39. The first-order chi connectivity index (χ1) is 19.5. The molecule has 0 bridgehead atoms. The Labute approximate surface area is 236 Å². The Hall–Kier alpha value is -4.01. The molecular weight excluding hydrogens is 530 g/mol. The van der Waals surface area contributed by atoms with Gasteiger partial charge >= 0.3 is 0 Å². The molecule has 40 heavy (non-hydrogen) atoms. The van der Waals surface area contributed by atoms with E-state index >= 15 is 0 Å². The fourth-order valence-electron chi connectivity index (χ4n) is 5.44. The molecule has 3 heterocycles. The van der Waals surface area contributed by atoms with Gasteiger partial charge < -0.3 is 29.8 Å². The number of aromatic amines is 1. The molecule has 1 fully saturated rings. The van der Waals surface area contributed by atoms with Crippen LogP contribution in [-0.4, -0.2) is 65.8 Å². The number of halogens is 1. The molecule has 1 saturated heterocycles. The molecule has 0 spiro atoms. The number of nitrogens with one attached hydrogen (secondary N) is 2. The predicted molar refractivity (Wildman–Crippen MR) is 153 cm³/mol. The van der Waals surface area contributed by atoms with Crippen LogP contribution >= 0.6 is 11.6 Å². The molecule has 0 radical (unpaired) electrons. The fourth-order valence-corrected chi connectivity index (χ4v) is 5.70. The van der Waals surface area contributed by atoms with E-state index in [9.17, 15) is 14.7 Å². The average Bonchev–Trinajstić information content (AvgIpc) is 3.67. The number of aliphatic hydroxyl groups is 1. The zero-order valence-corrected chi connectivity index (χ0v) is 22.7. The van der Waals surface area contributed by atoms with Gasteiger partial charge in [0.1, 0.15) is 13.2 Å². The van der Waals surface area contributed by atoms with Crippen LogP contribution in [0.3, 0.4) is 0 Å². The monoisotopic (exact) mass is 559 g/mol. The Kier molecular flexibility index (Phi) is 7.36. The highest BCUT2D eigenvalue weighted by molar-refractivity contribution is 6.34. The number of aromatic nitrogens is 1. The number of carbonyl (C=O) groups excluding carboxylic acids is 2. The Balaban J connectivity index is 1.28. The van der Waals surface area contributed by atoms with Crippen molar-refractivity contribution in [3.8, 4) is 22.6 Å². The van der Waals surface area contributed by atoms with Crippen LogP contribution in [0.5, 0.6) is 11.5 Å². The number of ether oxygens (including phenoxy) is 2. The van der Waals surface area contributed by atoms with Crippen LogP contribution in [0.25, 0.3) is 22.0 Å². The number of para-hydroxylation sites is 1. The number of likely N-dealkylation sites (tertiary alicyclic amines) is 1. The Bertz CT molecular complexity index is 1580. The van der Waals surface area contributed by atoms with Gasteiger partial charge in [0.25, 0.3) is 11.8 Å². The van der Waals surface area contributed by atoms with Crippen LogP contribution in [0.15, 0.2) is 60.8 Å². The molecule has 206 valence electrons. The number of H-pyrrole nitrogens is 1. The van der Waals surface area contributed by atoms with Gasteiger partial charge in [-0.15, -0.1) is 0 Å². The SMILES string of the molecule is O=C(N[C@@H](CO)Cc1c[nH]c2ccccc12)c1cc(-c2ccc(C(=O)N3CCCC3)c(Cl)c2)cc2c1OCCO2. The van der Waals surface area contributed by atoms with Gasteiger partial charge in [0.15, 0.2) is 11.5 Å². The van der Waals surface area contributed by atoms with E-state index in [4.69, 9.17) is 21.1 Å². The summed E-state index contributed by atoms with van der Waals surface area (Å²) in [5.74, 6) is 0.374. The third-order valence-corrected chi connectivity index (χ3v) is 7.82. The van der Waals surface area contributed by atoms with Crippen LogP contribution < -0.4 is 14.8 Å². The van der Waals surface area contributed by atoms with E-state index in [1.54, 1.807) is 18.2 Å². The molecule has 2 aliphatic rings. The smallest absolute Gasteiger partial charge is 0.255 e. The summed E-state index contributed by atoms with van der Waals surface area (Å²) in [4.78, 5) is 31.5.